The first-order valence-electron chi connectivity index (χ1n) is 5.68. The molecule has 6 heteroatoms. The Balaban J connectivity index is 2.14. The number of thiophene rings is 1. The molecule has 1 aromatic carbocycles. The second-order valence-electron chi connectivity index (χ2n) is 4.01. The molecule has 2 aromatic heterocycles. The molecule has 3 aromatic rings. The standard InChI is InChI=1S/C14H8ClNO3S/c15-8-3-4-12-9(6-8)16-10(14(18)19-12)7-11(17)13-2-1-5-20-13/h1-7,17H/b11-7-. The van der Waals surface area contributed by atoms with Gasteiger partial charge in [-0.05, 0) is 29.6 Å². The van der Waals surface area contributed by atoms with Crippen LogP contribution in [-0.2, 0) is 0 Å². The fourth-order valence-corrected chi connectivity index (χ4v) is 2.51. The maximum Gasteiger partial charge on any atom is 0.362 e. The maximum atomic E-state index is 11.8. The van der Waals surface area contributed by atoms with Crippen molar-refractivity contribution >= 4 is 45.9 Å². The zero-order chi connectivity index (χ0) is 14.1. The van der Waals surface area contributed by atoms with Gasteiger partial charge >= 0.3 is 5.63 Å². The summed E-state index contributed by atoms with van der Waals surface area (Å²) in [6.07, 6.45) is 1.29. The fraction of sp³-hybridized carbons (Fsp3) is 0. The van der Waals surface area contributed by atoms with Gasteiger partial charge in [0.1, 0.15) is 11.3 Å². The van der Waals surface area contributed by atoms with Crippen LogP contribution in [0.2, 0.25) is 5.02 Å². The maximum absolute atomic E-state index is 11.8. The van der Waals surface area contributed by atoms with Crippen LogP contribution in [0.5, 0.6) is 0 Å². The normalized spacial score (nSPS) is 11.9. The Bertz CT molecular complexity index is 852. The SMILES string of the molecule is O=c1oc2ccc(Cl)cc2nc1/C=C(\O)c1cccs1. The summed E-state index contributed by atoms with van der Waals surface area (Å²) in [5.41, 5.74) is 0.239. The van der Waals surface area contributed by atoms with Crippen LogP contribution in [0.4, 0.5) is 0 Å². The average molecular weight is 306 g/mol. The Morgan fingerprint density at radius 1 is 1.40 bits per heavy atom. The third-order valence-electron chi connectivity index (χ3n) is 2.62. The molecule has 0 spiro atoms. The van der Waals surface area contributed by atoms with Crippen molar-refractivity contribution in [2.75, 3.05) is 0 Å². The molecule has 0 aliphatic carbocycles. The van der Waals surface area contributed by atoms with Crippen LogP contribution >= 0.6 is 22.9 Å². The van der Waals surface area contributed by atoms with Gasteiger partial charge in [0.05, 0.1) is 4.88 Å². The largest absolute Gasteiger partial charge is 0.506 e. The molecule has 1 N–H and O–H groups in total. The van der Waals surface area contributed by atoms with E-state index in [4.69, 9.17) is 16.0 Å². The Morgan fingerprint density at radius 2 is 2.25 bits per heavy atom. The van der Waals surface area contributed by atoms with Gasteiger partial charge in [0, 0.05) is 11.1 Å². The molecule has 0 bridgehead atoms. The molecule has 0 unspecified atom stereocenters. The average Bonchev–Trinajstić information content (AvgIpc) is 2.94. The summed E-state index contributed by atoms with van der Waals surface area (Å²) >= 11 is 7.24. The van der Waals surface area contributed by atoms with Crippen molar-refractivity contribution in [3.63, 3.8) is 0 Å². The number of fused-ring (bicyclic) bond motifs is 1. The third-order valence-corrected chi connectivity index (χ3v) is 3.75. The Hall–Kier alpha value is -2.11. The van der Waals surface area contributed by atoms with E-state index in [9.17, 15) is 9.90 Å². The summed E-state index contributed by atoms with van der Waals surface area (Å²) < 4.78 is 5.14. The molecule has 0 radical (unpaired) electrons. The van der Waals surface area contributed by atoms with E-state index in [-0.39, 0.29) is 11.5 Å². The van der Waals surface area contributed by atoms with Crippen molar-refractivity contribution < 1.29 is 9.52 Å². The van der Waals surface area contributed by atoms with Gasteiger partial charge in [-0.2, -0.15) is 0 Å². The van der Waals surface area contributed by atoms with Gasteiger partial charge in [-0.25, -0.2) is 9.78 Å². The summed E-state index contributed by atoms with van der Waals surface area (Å²) in [6.45, 7) is 0. The quantitative estimate of drug-likeness (QED) is 0.728. The number of aromatic nitrogens is 1. The van der Waals surface area contributed by atoms with Crippen molar-refractivity contribution in [2.45, 2.75) is 0 Å². The monoisotopic (exact) mass is 305 g/mol. The molecule has 4 nitrogen and oxygen atoms in total. The van der Waals surface area contributed by atoms with Crippen LogP contribution in [0.25, 0.3) is 22.9 Å². The van der Waals surface area contributed by atoms with Crippen LogP contribution in [0.15, 0.2) is 44.9 Å². The molecule has 2 heterocycles. The number of halogens is 1. The first-order valence-corrected chi connectivity index (χ1v) is 6.94. The molecule has 0 saturated carbocycles. The topological polar surface area (TPSA) is 63.3 Å². The number of aliphatic hydroxyl groups is 1. The Kier molecular flexibility index (Phi) is 3.30. The lowest BCUT2D eigenvalue weighted by Crippen LogP contribution is -2.06. The zero-order valence-electron chi connectivity index (χ0n) is 10.0. The van der Waals surface area contributed by atoms with Gasteiger partial charge in [-0.15, -0.1) is 11.3 Å². The van der Waals surface area contributed by atoms with Crippen molar-refractivity contribution in [1.82, 2.24) is 4.98 Å². The van der Waals surface area contributed by atoms with E-state index in [1.807, 2.05) is 5.38 Å². The van der Waals surface area contributed by atoms with Gasteiger partial charge in [0.2, 0.25) is 0 Å². The minimum atomic E-state index is -0.608. The lowest BCUT2D eigenvalue weighted by atomic mass is 10.3. The van der Waals surface area contributed by atoms with Gasteiger partial charge in [-0.1, -0.05) is 17.7 Å². The predicted molar refractivity (Wildman–Crippen MR) is 80.1 cm³/mol. The fourth-order valence-electron chi connectivity index (χ4n) is 1.71. The predicted octanol–water partition coefficient (Wildman–Crippen LogP) is 3.96. The van der Waals surface area contributed by atoms with Gasteiger partial charge in [0.25, 0.3) is 0 Å². The molecule has 0 atom stereocenters. The minimum absolute atomic E-state index is 0.0267. The second kappa shape index (κ2) is 5.11. The minimum Gasteiger partial charge on any atom is -0.506 e. The highest BCUT2D eigenvalue weighted by atomic mass is 35.5. The van der Waals surface area contributed by atoms with Crippen molar-refractivity contribution in [1.29, 1.82) is 0 Å². The van der Waals surface area contributed by atoms with E-state index in [1.165, 1.54) is 17.4 Å². The van der Waals surface area contributed by atoms with Crippen LogP contribution in [0.1, 0.15) is 10.6 Å². The molecular formula is C14H8ClNO3S. The summed E-state index contributed by atoms with van der Waals surface area (Å²) in [5.74, 6) is -0.0267. The highest BCUT2D eigenvalue weighted by Crippen LogP contribution is 2.20. The van der Waals surface area contributed by atoms with E-state index >= 15 is 0 Å². The smallest absolute Gasteiger partial charge is 0.362 e. The van der Waals surface area contributed by atoms with Crippen molar-refractivity contribution in [3.8, 4) is 0 Å². The van der Waals surface area contributed by atoms with Crippen LogP contribution < -0.4 is 5.63 Å². The first-order chi connectivity index (χ1) is 9.63. The lowest BCUT2D eigenvalue weighted by Gasteiger charge is -1.99. The summed E-state index contributed by atoms with van der Waals surface area (Å²) in [4.78, 5) is 16.6. The molecule has 0 amide bonds. The number of rotatable bonds is 2. The molecular weight excluding hydrogens is 298 g/mol. The van der Waals surface area contributed by atoms with E-state index in [0.29, 0.717) is 21.0 Å². The second-order valence-corrected chi connectivity index (χ2v) is 5.39. The molecule has 100 valence electrons. The van der Waals surface area contributed by atoms with Crippen LogP contribution in [0.3, 0.4) is 0 Å². The highest BCUT2D eigenvalue weighted by Gasteiger charge is 2.08. The molecule has 0 fully saturated rings. The van der Waals surface area contributed by atoms with E-state index in [2.05, 4.69) is 4.98 Å². The summed E-state index contributed by atoms with van der Waals surface area (Å²) in [7, 11) is 0. The zero-order valence-corrected chi connectivity index (χ0v) is 11.6. The molecule has 0 aliphatic rings. The van der Waals surface area contributed by atoms with Crippen molar-refractivity contribution in [2.24, 2.45) is 0 Å². The van der Waals surface area contributed by atoms with Gasteiger partial charge in [-0.3, -0.25) is 0 Å². The Labute approximate surface area is 122 Å². The van der Waals surface area contributed by atoms with Gasteiger partial charge < -0.3 is 9.52 Å². The first kappa shape index (κ1) is 12.9. The van der Waals surface area contributed by atoms with Crippen LogP contribution in [-0.4, -0.2) is 10.1 Å². The van der Waals surface area contributed by atoms with E-state index in [1.54, 1.807) is 30.3 Å². The molecule has 0 saturated heterocycles. The molecule has 3 rings (SSSR count). The lowest BCUT2D eigenvalue weighted by molar-refractivity contribution is 0.516. The molecule has 0 aliphatic heterocycles. The number of benzene rings is 1. The number of hydrogen-bond acceptors (Lipinski definition) is 5. The summed E-state index contributed by atoms with van der Waals surface area (Å²) in [6, 6.07) is 8.35. The van der Waals surface area contributed by atoms with Gasteiger partial charge in [0.15, 0.2) is 11.3 Å². The number of nitrogens with zero attached hydrogens (tertiary/aromatic N) is 1. The highest BCUT2D eigenvalue weighted by molar-refractivity contribution is 7.11. The number of aliphatic hydroxyl groups excluding tert-OH is 1. The van der Waals surface area contributed by atoms with E-state index in [0.717, 1.165) is 0 Å². The van der Waals surface area contributed by atoms with Crippen LogP contribution in [0, 0.1) is 0 Å². The summed E-state index contributed by atoms with van der Waals surface area (Å²) in [5, 5.41) is 12.3. The molecule has 20 heavy (non-hydrogen) atoms. The Morgan fingerprint density at radius 3 is 3.00 bits per heavy atom. The third kappa shape index (κ3) is 2.45. The number of hydrogen-bond donors (Lipinski definition) is 1. The van der Waals surface area contributed by atoms with E-state index < -0.39 is 5.63 Å². The van der Waals surface area contributed by atoms with Crippen molar-refractivity contribution in [3.05, 3.63) is 61.7 Å².